The van der Waals surface area contributed by atoms with E-state index in [9.17, 15) is 9.59 Å². The molecule has 92 valence electrons. The lowest BCUT2D eigenvalue weighted by Crippen LogP contribution is -2.39. The maximum Gasteiger partial charge on any atom is 0.320 e. The predicted octanol–water partition coefficient (Wildman–Crippen LogP) is 0.845. The van der Waals surface area contributed by atoms with Crippen molar-refractivity contribution >= 4 is 33.6 Å². The Morgan fingerprint density at radius 3 is 2.76 bits per heavy atom. The normalized spacial score (nSPS) is 11.9. The smallest absolute Gasteiger partial charge is 0.320 e. The third kappa shape index (κ3) is 4.92. The average Bonchev–Trinajstić information content (AvgIpc) is 2.29. The molecule has 0 spiro atoms. The molecule has 0 aliphatic heterocycles. The molecule has 1 aromatic heterocycles. The SMILES string of the molecule is C[C@H](NCC(=O)Nc1ccc(Br)cn1)C(=O)O. The van der Waals surface area contributed by atoms with Crippen molar-refractivity contribution in [2.24, 2.45) is 0 Å². The molecular formula is C10H12BrN3O3. The largest absolute Gasteiger partial charge is 0.480 e. The predicted molar refractivity (Wildman–Crippen MR) is 65.7 cm³/mol. The van der Waals surface area contributed by atoms with Crippen LogP contribution in [-0.4, -0.2) is 34.6 Å². The highest BCUT2D eigenvalue weighted by Crippen LogP contribution is 2.09. The molecule has 3 N–H and O–H groups in total. The van der Waals surface area contributed by atoms with Crippen LogP contribution in [0.25, 0.3) is 0 Å². The van der Waals surface area contributed by atoms with E-state index in [0.29, 0.717) is 5.82 Å². The number of nitrogens with one attached hydrogen (secondary N) is 2. The Balaban J connectivity index is 2.39. The minimum absolute atomic E-state index is 0.0782. The van der Waals surface area contributed by atoms with Crippen molar-refractivity contribution in [2.75, 3.05) is 11.9 Å². The highest BCUT2D eigenvalue weighted by molar-refractivity contribution is 9.10. The van der Waals surface area contributed by atoms with Crippen LogP contribution in [0, 0.1) is 0 Å². The van der Waals surface area contributed by atoms with Crippen molar-refractivity contribution in [3.05, 3.63) is 22.8 Å². The van der Waals surface area contributed by atoms with E-state index in [1.807, 2.05) is 0 Å². The first-order chi connectivity index (χ1) is 7.99. The summed E-state index contributed by atoms with van der Waals surface area (Å²) in [5, 5.41) is 13.7. The van der Waals surface area contributed by atoms with Crippen LogP contribution >= 0.6 is 15.9 Å². The number of carboxylic acids is 1. The molecule has 7 heteroatoms. The van der Waals surface area contributed by atoms with Gasteiger partial charge in [-0.2, -0.15) is 0 Å². The van der Waals surface area contributed by atoms with Crippen LogP contribution in [0.3, 0.4) is 0 Å². The summed E-state index contributed by atoms with van der Waals surface area (Å²) in [5.41, 5.74) is 0. The number of anilines is 1. The Morgan fingerprint density at radius 1 is 1.53 bits per heavy atom. The third-order valence-corrected chi connectivity index (χ3v) is 2.40. The van der Waals surface area contributed by atoms with Crippen molar-refractivity contribution in [3.8, 4) is 0 Å². The first-order valence-electron chi connectivity index (χ1n) is 4.86. The number of carboxylic acid groups (broad SMARTS) is 1. The Kier molecular flexibility index (Phi) is 5.05. The summed E-state index contributed by atoms with van der Waals surface area (Å²) in [6.07, 6.45) is 1.56. The zero-order valence-corrected chi connectivity index (χ0v) is 10.7. The molecule has 1 atom stereocenters. The lowest BCUT2D eigenvalue weighted by atomic mass is 10.3. The maximum absolute atomic E-state index is 11.4. The molecule has 0 radical (unpaired) electrons. The van der Waals surface area contributed by atoms with Gasteiger partial charge < -0.3 is 10.4 Å². The highest BCUT2D eigenvalue weighted by atomic mass is 79.9. The summed E-state index contributed by atoms with van der Waals surface area (Å²) >= 11 is 3.22. The third-order valence-electron chi connectivity index (χ3n) is 1.93. The molecule has 0 aliphatic rings. The van der Waals surface area contributed by atoms with Crippen molar-refractivity contribution in [2.45, 2.75) is 13.0 Å². The Morgan fingerprint density at radius 2 is 2.24 bits per heavy atom. The molecule has 1 aromatic rings. The van der Waals surface area contributed by atoms with Gasteiger partial charge in [-0.05, 0) is 35.0 Å². The van der Waals surface area contributed by atoms with Gasteiger partial charge in [0.25, 0.3) is 0 Å². The maximum atomic E-state index is 11.4. The monoisotopic (exact) mass is 301 g/mol. The number of pyridine rings is 1. The number of carbonyl (C=O) groups excluding carboxylic acids is 1. The Labute approximate surface area is 107 Å². The van der Waals surface area contributed by atoms with E-state index in [1.54, 1.807) is 18.3 Å². The summed E-state index contributed by atoms with van der Waals surface area (Å²) in [6.45, 7) is 1.39. The molecule has 0 aliphatic carbocycles. The van der Waals surface area contributed by atoms with Crippen LogP contribution in [0.15, 0.2) is 22.8 Å². The van der Waals surface area contributed by atoms with E-state index in [4.69, 9.17) is 5.11 Å². The van der Waals surface area contributed by atoms with E-state index >= 15 is 0 Å². The van der Waals surface area contributed by atoms with E-state index in [0.717, 1.165) is 4.47 Å². The van der Waals surface area contributed by atoms with E-state index in [1.165, 1.54) is 6.92 Å². The molecule has 0 unspecified atom stereocenters. The van der Waals surface area contributed by atoms with Crippen molar-refractivity contribution in [1.82, 2.24) is 10.3 Å². The Bertz CT molecular complexity index is 408. The summed E-state index contributed by atoms with van der Waals surface area (Å²) in [6, 6.07) is 2.62. The van der Waals surface area contributed by atoms with Gasteiger partial charge in [0.05, 0.1) is 6.54 Å². The van der Waals surface area contributed by atoms with Crippen LogP contribution in [0.2, 0.25) is 0 Å². The summed E-state index contributed by atoms with van der Waals surface area (Å²) in [4.78, 5) is 25.9. The topological polar surface area (TPSA) is 91.3 Å². The number of aliphatic carboxylic acids is 1. The number of carbonyl (C=O) groups is 2. The number of hydrogen-bond acceptors (Lipinski definition) is 4. The molecule has 0 fully saturated rings. The van der Waals surface area contributed by atoms with Crippen molar-refractivity contribution < 1.29 is 14.7 Å². The van der Waals surface area contributed by atoms with E-state index in [-0.39, 0.29) is 12.5 Å². The van der Waals surface area contributed by atoms with Gasteiger partial charge in [-0.15, -0.1) is 0 Å². The molecular weight excluding hydrogens is 290 g/mol. The van der Waals surface area contributed by atoms with Crippen LogP contribution in [-0.2, 0) is 9.59 Å². The standard InChI is InChI=1S/C10H12BrN3O3/c1-6(10(16)17)12-5-9(15)14-8-3-2-7(11)4-13-8/h2-4,6,12H,5H2,1H3,(H,16,17)(H,13,14,15)/t6-/m0/s1. The van der Waals surface area contributed by atoms with Gasteiger partial charge in [-0.3, -0.25) is 14.9 Å². The second-order valence-corrected chi connectivity index (χ2v) is 4.27. The van der Waals surface area contributed by atoms with Gasteiger partial charge in [0.2, 0.25) is 5.91 Å². The molecule has 0 saturated heterocycles. The summed E-state index contributed by atoms with van der Waals surface area (Å²) < 4.78 is 0.813. The van der Waals surface area contributed by atoms with Crippen LogP contribution in [0.4, 0.5) is 5.82 Å². The number of aromatic nitrogens is 1. The molecule has 1 heterocycles. The zero-order chi connectivity index (χ0) is 12.8. The highest BCUT2D eigenvalue weighted by Gasteiger charge is 2.11. The first kappa shape index (κ1) is 13.6. The van der Waals surface area contributed by atoms with Gasteiger partial charge in [-0.25, -0.2) is 4.98 Å². The first-order valence-corrected chi connectivity index (χ1v) is 5.66. The molecule has 6 nitrogen and oxygen atoms in total. The summed E-state index contributed by atoms with van der Waals surface area (Å²) in [7, 11) is 0. The molecule has 17 heavy (non-hydrogen) atoms. The quantitative estimate of drug-likeness (QED) is 0.750. The fourth-order valence-electron chi connectivity index (χ4n) is 0.970. The Hall–Kier alpha value is -1.47. The van der Waals surface area contributed by atoms with E-state index < -0.39 is 12.0 Å². The molecule has 0 saturated carbocycles. The lowest BCUT2D eigenvalue weighted by molar-refractivity contribution is -0.139. The number of amides is 1. The lowest BCUT2D eigenvalue weighted by Gasteiger charge is -2.09. The minimum Gasteiger partial charge on any atom is -0.480 e. The molecule has 0 aromatic carbocycles. The number of nitrogens with zero attached hydrogens (tertiary/aromatic N) is 1. The van der Waals surface area contributed by atoms with Gasteiger partial charge in [0.15, 0.2) is 0 Å². The van der Waals surface area contributed by atoms with Gasteiger partial charge in [0.1, 0.15) is 11.9 Å². The number of halogens is 1. The number of rotatable bonds is 5. The molecule has 0 bridgehead atoms. The van der Waals surface area contributed by atoms with Gasteiger partial charge >= 0.3 is 5.97 Å². The van der Waals surface area contributed by atoms with E-state index in [2.05, 4.69) is 31.5 Å². The number of hydrogen-bond donors (Lipinski definition) is 3. The van der Waals surface area contributed by atoms with Crippen LogP contribution in [0.1, 0.15) is 6.92 Å². The van der Waals surface area contributed by atoms with Gasteiger partial charge in [0, 0.05) is 10.7 Å². The van der Waals surface area contributed by atoms with Crippen LogP contribution in [0.5, 0.6) is 0 Å². The fraction of sp³-hybridized carbons (Fsp3) is 0.300. The van der Waals surface area contributed by atoms with Crippen molar-refractivity contribution in [1.29, 1.82) is 0 Å². The zero-order valence-electron chi connectivity index (χ0n) is 9.11. The second kappa shape index (κ2) is 6.31. The van der Waals surface area contributed by atoms with Crippen molar-refractivity contribution in [3.63, 3.8) is 0 Å². The summed E-state index contributed by atoms with van der Waals surface area (Å²) in [5.74, 6) is -0.921. The second-order valence-electron chi connectivity index (χ2n) is 3.35. The van der Waals surface area contributed by atoms with Gasteiger partial charge in [-0.1, -0.05) is 0 Å². The molecule has 1 amide bonds. The average molecular weight is 302 g/mol. The fourth-order valence-corrected chi connectivity index (χ4v) is 1.20. The molecule has 1 rings (SSSR count). The minimum atomic E-state index is -1.00. The van der Waals surface area contributed by atoms with Crippen LogP contribution < -0.4 is 10.6 Å².